The fraction of sp³-hybridized carbons (Fsp3) is 0.444. The normalized spacial score (nSPS) is 17.5. The lowest BCUT2D eigenvalue weighted by atomic mass is 10.0. The minimum atomic E-state index is -0.327. The van der Waals surface area contributed by atoms with E-state index in [9.17, 15) is 9.59 Å². The van der Waals surface area contributed by atoms with E-state index in [0.717, 1.165) is 29.4 Å². The Morgan fingerprint density at radius 2 is 2.17 bits per heavy atom. The number of aryl methyl sites for hydroxylation is 2. The number of hydrogen-bond acceptors (Lipinski definition) is 4. The van der Waals surface area contributed by atoms with Gasteiger partial charge < -0.3 is 14.5 Å². The third kappa shape index (κ3) is 3.23. The van der Waals surface area contributed by atoms with Crippen LogP contribution in [0, 0.1) is 12.8 Å². The van der Waals surface area contributed by atoms with Gasteiger partial charge in [0.15, 0.2) is 0 Å². The molecule has 3 rings (SSSR count). The Balaban J connectivity index is 1.89. The first kappa shape index (κ1) is 15.6. The molecule has 1 saturated heterocycles. The van der Waals surface area contributed by atoms with Crippen LogP contribution in [0.1, 0.15) is 30.9 Å². The number of ether oxygens (including phenoxy) is 1. The van der Waals surface area contributed by atoms with Crippen LogP contribution >= 0.6 is 0 Å². The highest BCUT2D eigenvalue weighted by Gasteiger charge is 2.22. The summed E-state index contributed by atoms with van der Waals surface area (Å²) in [5.74, 6) is 0.966. The fourth-order valence-electron chi connectivity index (χ4n) is 3.03. The van der Waals surface area contributed by atoms with Gasteiger partial charge >= 0.3 is 5.63 Å². The highest BCUT2D eigenvalue weighted by molar-refractivity contribution is 5.85. The third-order valence-corrected chi connectivity index (χ3v) is 4.25. The molecule has 1 aromatic heterocycles. The van der Waals surface area contributed by atoms with E-state index in [2.05, 4.69) is 12.2 Å². The topological polar surface area (TPSA) is 68.5 Å². The Morgan fingerprint density at radius 3 is 2.87 bits per heavy atom. The lowest BCUT2D eigenvalue weighted by Crippen LogP contribution is -2.17. The van der Waals surface area contributed by atoms with Crippen LogP contribution in [0.4, 0.5) is 0 Å². The monoisotopic (exact) mass is 315 g/mol. The second-order valence-electron chi connectivity index (χ2n) is 6.09. The zero-order valence-electron chi connectivity index (χ0n) is 13.5. The van der Waals surface area contributed by atoms with Gasteiger partial charge in [-0.1, -0.05) is 13.3 Å². The van der Waals surface area contributed by atoms with Crippen LogP contribution in [-0.2, 0) is 11.2 Å². The number of carbonyl (C=O) groups is 1. The number of benzene rings is 1. The maximum atomic E-state index is 11.8. The van der Waals surface area contributed by atoms with E-state index in [-0.39, 0.29) is 17.5 Å². The molecule has 0 spiro atoms. The molecule has 0 aliphatic carbocycles. The molecule has 1 aromatic carbocycles. The van der Waals surface area contributed by atoms with Crippen molar-refractivity contribution >= 4 is 16.9 Å². The molecule has 2 aromatic rings. The van der Waals surface area contributed by atoms with E-state index in [0.29, 0.717) is 30.9 Å². The summed E-state index contributed by atoms with van der Waals surface area (Å²) in [4.78, 5) is 23.0. The maximum absolute atomic E-state index is 11.8. The van der Waals surface area contributed by atoms with Gasteiger partial charge in [-0.3, -0.25) is 4.79 Å². The van der Waals surface area contributed by atoms with Crippen molar-refractivity contribution < 1.29 is 13.9 Å². The van der Waals surface area contributed by atoms with Gasteiger partial charge in [0.05, 0.1) is 6.61 Å². The summed E-state index contributed by atoms with van der Waals surface area (Å²) in [6.07, 6.45) is 2.32. The highest BCUT2D eigenvalue weighted by atomic mass is 16.5. The van der Waals surface area contributed by atoms with E-state index in [1.807, 2.05) is 19.1 Å². The number of carbonyl (C=O) groups excluding carboxylic acids is 1. The second-order valence-corrected chi connectivity index (χ2v) is 6.09. The Hall–Kier alpha value is -2.30. The van der Waals surface area contributed by atoms with Crippen molar-refractivity contribution in [1.82, 2.24) is 5.32 Å². The Bertz CT molecular complexity index is 793. The summed E-state index contributed by atoms with van der Waals surface area (Å²) in [5.41, 5.74) is 2.11. The Labute approximate surface area is 134 Å². The van der Waals surface area contributed by atoms with Crippen LogP contribution in [0.5, 0.6) is 5.75 Å². The molecule has 5 heteroatoms. The molecule has 0 radical (unpaired) electrons. The second kappa shape index (κ2) is 6.44. The predicted octanol–water partition coefficient (Wildman–Crippen LogP) is 2.57. The zero-order chi connectivity index (χ0) is 16.4. The smallest absolute Gasteiger partial charge is 0.336 e. The minimum absolute atomic E-state index is 0.0732. The summed E-state index contributed by atoms with van der Waals surface area (Å²) in [5, 5.41) is 3.77. The van der Waals surface area contributed by atoms with Crippen LogP contribution in [0.25, 0.3) is 11.0 Å². The molecule has 1 fully saturated rings. The quantitative estimate of drug-likeness (QED) is 0.861. The molecule has 2 heterocycles. The van der Waals surface area contributed by atoms with Gasteiger partial charge in [-0.2, -0.15) is 0 Å². The van der Waals surface area contributed by atoms with Crippen molar-refractivity contribution in [3.63, 3.8) is 0 Å². The largest absolute Gasteiger partial charge is 0.493 e. The van der Waals surface area contributed by atoms with Gasteiger partial charge in [-0.25, -0.2) is 4.79 Å². The predicted molar refractivity (Wildman–Crippen MR) is 87.8 cm³/mol. The molecule has 1 unspecified atom stereocenters. The summed E-state index contributed by atoms with van der Waals surface area (Å²) < 4.78 is 11.3. The minimum Gasteiger partial charge on any atom is -0.493 e. The van der Waals surface area contributed by atoms with E-state index >= 15 is 0 Å². The number of fused-ring (bicyclic) bond motifs is 1. The van der Waals surface area contributed by atoms with Crippen LogP contribution in [0.15, 0.2) is 27.4 Å². The molecule has 1 N–H and O–H groups in total. The average molecular weight is 315 g/mol. The fourth-order valence-corrected chi connectivity index (χ4v) is 3.03. The van der Waals surface area contributed by atoms with Gasteiger partial charge in [0.1, 0.15) is 11.3 Å². The molecule has 1 aliphatic heterocycles. The molecular formula is C18H21NO4. The van der Waals surface area contributed by atoms with Gasteiger partial charge in [-0.05, 0) is 31.0 Å². The molecular weight excluding hydrogens is 294 g/mol. The molecule has 1 amide bonds. The van der Waals surface area contributed by atoms with Crippen LogP contribution in [0.3, 0.4) is 0 Å². The van der Waals surface area contributed by atoms with E-state index in [1.165, 1.54) is 0 Å². The van der Waals surface area contributed by atoms with E-state index in [4.69, 9.17) is 9.15 Å². The van der Waals surface area contributed by atoms with Crippen LogP contribution in [-0.4, -0.2) is 19.1 Å². The van der Waals surface area contributed by atoms with Crippen molar-refractivity contribution in [3.8, 4) is 5.75 Å². The number of nitrogens with one attached hydrogen (secondary N) is 1. The molecule has 0 bridgehead atoms. The van der Waals surface area contributed by atoms with Crippen molar-refractivity contribution in [2.75, 3.05) is 13.2 Å². The van der Waals surface area contributed by atoms with E-state index < -0.39 is 0 Å². The van der Waals surface area contributed by atoms with Gasteiger partial charge in [0.2, 0.25) is 5.91 Å². The molecule has 0 saturated carbocycles. The highest BCUT2D eigenvalue weighted by Crippen LogP contribution is 2.29. The van der Waals surface area contributed by atoms with Crippen LogP contribution < -0.4 is 15.7 Å². The molecule has 1 atom stereocenters. The first-order valence-electron chi connectivity index (χ1n) is 8.04. The van der Waals surface area contributed by atoms with Crippen molar-refractivity contribution in [2.45, 2.75) is 33.1 Å². The molecule has 23 heavy (non-hydrogen) atoms. The van der Waals surface area contributed by atoms with Crippen LogP contribution in [0.2, 0.25) is 0 Å². The summed E-state index contributed by atoms with van der Waals surface area (Å²) >= 11 is 0. The lowest BCUT2D eigenvalue weighted by molar-refractivity contribution is -0.119. The average Bonchev–Trinajstić information content (AvgIpc) is 2.93. The third-order valence-electron chi connectivity index (χ3n) is 4.25. The van der Waals surface area contributed by atoms with Crippen molar-refractivity contribution in [2.24, 2.45) is 5.92 Å². The Morgan fingerprint density at radius 1 is 1.35 bits per heavy atom. The summed E-state index contributed by atoms with van der Waals surface area (Å²) in [6.45, 7) is 5.11. The number of hydrogen-bond donors (Lipinski definition) is 1. The molecule has 122 valence electrons. The van der Waals surface area contributed by atoms with E-state index in [1.54, 1.807) is 6.07 Å². The number of rotatable bonds is 5. The Kier molecular flexibility index (Phi) is 4.37. The maximum Gasteiger partial charge on any atom is 0.336 e. The molecule has 5 nitrogen and oxygen atoms in total. The van der Waals surface area contributed by atoms with Gasteiger partial charge in [-0.15, -0.1) is 0 Å². The molecule has 1 aliphatic rings. The first-order valence-corrected chi connectivity index (χ1v) is 8.04. The lowest BCUT2D eigenvalue weighted by Gasteiger charge is -2.14. The van der Waals surface area contributed by atoms with Gasteiger partial charge in [0, 0.05) is 35.9 Å². The SMILES string of the molecule is CCCc1cc(=O)oc2c(C)c(OCC3CNC(=O)C3)ccc12. The summed E-state index contributed by atoms with van der Waals surface area (Å²) in [6, 6.07) is 5.44. The number of amides is 1. The van der Waals surface area contributed by atoms with Crippen molar-refractivity contribution in [3.05, 3.63) is 39.7 Å². The standard InChI is InChI=1S/C18H21NO4/c1-3-4-13-8-17(21)23-18-11(2)15(6-5-14(13)18)22-10-12-7-16(20)19-9-12/h5-6,8,12H,3-4,7,9-10H2,1-2H3,(H,19,20). The van der Waals surface area contributed by atoms with Crippen molar-refractivity contribution in [1.29, 1.82) is 0 Å². The first-order chi connectivity index (χ1) is 11.1. The van der Waals surface area contributed by atoms with Gasteiger partial charge in [0.25, 0.3) is 0 Å². The zero-order valence-corrected chi connectivity index (χ0v) is 13.5. The summed E-state index contributed by atoms with van der Waals surface area (Å²) in [7, 11) is 0.